The Morgan fingerprint density at radius 1 is 0.812 bits per heavy atom. The van der Waals surface area contributed by atoms with Crippen molar-refractivity contribution in [3.63, 3.8) is 0 Å². The lowest BCUT2D eigenvalue weighted by molar-refractivity contribution is 0.877. The lowest BCUT2D eigenvalue weighted by Gasteiger charge is -2.12. The molecule has 1 nitrogen and oxygen atoms in total. The van der Waals surface area contributed by atoms with Crippen LogP contribution in [-0.4, -0.2) is 6.21 Å². The van der Waals surface area contributed by atoms with Gasteiger partial charge in [0.25, 0.3) is 0 Å². The van der Waals surface area contributed by atoms with E-state index in [2.05, 4.69) is 53.5 Å². The van der Waals surface area contributed by atoms with Gasteiger partial charge in [-0.1, -0.05) is 60.7 Å². The molecule has 0 fully saturated rings. The fourth-order valence-corrected chi connectivity index (χ4v) is 1.78. The first-order valence-corrected chi connectivity index (χ1v) is 5.49. The lowest BCUT2D eigenvalue weighted by Crippen LogP contribution is -1.97. The molecule has 0 heterocycles. The Bertz CT molecular complexity index is 406. The Morgan fingerprint density at radius 3 is 1.62 bits per heavy atom. The molecule has 0 aliphatic rings. The van der Waals surface area contributed by atoms with E-state index in [4.69, 9.17) is 0 Å². The molecule has 0 unspecified atom stereocenters. The van der Waals surface area contributed by atoms with Crippen molar-refractivity contribution in [3.05, 3.63) is 71.8 Å². The molecule has 80 valence electrons. The van der Waals surface area contributed by atoms with E-state index in [9.17, 15) is 0 Å². The van der Waals surface area contributed by atoms with Crippen LogP contribution in [0.25, 0.3) is 0 Å². The molecule has 0 aliphatic carbocycles. The maximum atomic E-state index is 4.54. The van der Waals surface area contributed by atoms with Crippen molar-refractivity contribution in [2.45, 2.75) is 13.0 Å². The molecule has 0 aromatic heterocycles. The van der Waals surface area contributed by atoms with Gasteiger partial charge in [0.1, 0.15) is 0 Å². The average molecular weight is 209 g/mol. The second-order valence-electron chi connectivity index (χ2n) is 3.63. The van der Waals surface area contributed by atoms with Gasteiger partial charge in [-0.15, -0.1) is 0 Å². The zero-order valence-electron chi connectivity index (χ0n) is 9.38. The highest BCUT2D eigenvalue weighted by Crippen LogP contribution is 2.25. The molecular formula is C15H15N. The van der Waals surface area contributed by atoms with E-state index < -0.39 is 0 Å². The second kappa shape index (κ2) is 5.26. The Labute approximate surface area is 96.5 Å². The van der Waals surface area contributed by atoms with Crippen LogP contribution in [0.1, 0.15) is 24.1 Å². The Morgan fingerprint density at radius 2 is 1.25 bits per heavy atom. The number of aliphatic imine (C=N–C) groups is 1. The van der Waals surface area contributed by atoms with E-state index in [1.54, 1.807) is 0 Å². The smallest absolute Gasteiger partial charge is 0.0995 e. The summed E-state index contributed by atoms with van der Waals surface area (Å²) in [6.07, 6.45) is 1.87. The zero-order valence-corrected chi connectivity index (χ0v) is 9.38. The maximum absolute atomic E-state index is 4.54. The number of benzene rings is 2. The average Bonchev–Trinajstić information content (AvgIpc) is 2.38. The molecule has 0 atom stereocenters. The summed E-state index contributed by atoms with van der Waals surface area (Å²) in [5.41, 5.74) is 2.46. The summed E-state index contributed by atoms with van der Waals surface area (Å²) in [6.45, 7) is 1.96. The second-order valence-corrected chi connectivity index (χ2v) is 3.63. The molecule has 0 saturated heterocycles. The van der Waals surface area contributed by atoms with Crippen LogP contribution in [-0.2, 0) is 0 Å². The normalized spacial score (nSPS) is 11.1. The largest absolute Gasteiger partial charge is 0.285 e. The third kappa shape index (κ3) is 2.37. The first kappa shape index (κ1) is 10.6. The molecule has 0 bridgehead atoms. The van der Waals surface area contributed by atoms with Gasteiger partial charge in [0.2, 0.25) is 0 Å². The van der Waals surface area contributed by atoms with Crippen LogP contribution in [0.3, 0.4) is 0 Å². The highest BCUT2D eigenvalue weighted by atomic mass is 14.8. The van der Waals surface area contributed by atoms with E-state index in [0.29, 0.717) is 0 Å². The SMILES string of the molecule is CC=NC(c1ccccc1)c1ccccc1. The molecule has 2 aromatic carbocycles. The van der Waals surface area contributed by atoms with Crippen LogP contribution in [0, 0.1) is 0 Å². The Kier molecular flexibility index (Phi) is 3.50. The van der Waals surface area contributed by atoms with Gasteiger partial charge < -0.3 is 0 Å². The molecular weight excluding hydrogens is 194 g/mol. The fraction of sp³-hybridized carbons (Fsp3) is 0.133. The Balaban J connectivity index is 2.39. The van der Waals surface area contributed by atoms with Gasteiger partial charge in [0, 0.05) is 0 Å². The molecule has 2 aromatic rings. The fourth-order valence-electron chi connectivity index (χ4n) is 1.78. The van der Waals surface area contributed by atoms with Gasteiger partial charge in [-0.25, -0.2) is 0 Å². The summed E-state index contributed by atoms with van der Waals surface area (Å²) in [7, 11) is 0. The van der Waals surface area contributed by atoms with E-state index in [1.165, 1.54) is 11.1 Å². The van der Waals surface area contributed by atoms with E-state index in [1.807, 2.05) is 25.3 Å². The number of hydrogen-bond donors (Lipinski definition) is 0. The van der Waals surface area contributed by atoms with Crippen molar-refractivity contribution in [1.82, 2.24) is 0 Å². The molecule has 0 saturated carbocycles. The summed E-state index contributed by atoms with van der Waals surface area (Å²) >= 11 is 0. The molecule has 16 heavy (non-hydrogen) atoms. The van der Waals surface area contributed by atoms with Crippen molar-refractivity contribution in [2.75, 3.05) is 0 Å². The third-order valence-electron chi connectivity index (χ3n) is 2.53. The monoisotopic (exact) mass is 209 g/mol. The number of rotatable bonds is 3. The first-order valence-electron chi connectivity index (χ1n) is 5.49. The van der Waals surface area contributed by atoms with Gasteiger partial charge in [0.05, 0.1) is 6.04 Å². The van der Waals surface area contributed by atoms with E-state index in [-0.39, 0.29) is 6.04 Å². The van der Waals surface area contributed by atoms with Crippen molar-refractivity contribution in [2.24, 2.45) is 4.99 Å². The Hall–Kier alpha value is -1.89. The molecule has 0 spiro atoms. The molecule has 0 aliphatic heterocycles. The van der Waals surface area contributed by atoms with Crippen molar-refractivity contribution in [3.8, 4) is 0 Å². The van der Waals surface area contributed by atoms with Crippen LogP contribution >= 0.6 is 0 Å². The quantitative estimate of drug-likeness (QED) is 0.680. The number of nitrogens with zero attached hydrogens (tertiary/aromatic N) is 1. The summed E-state index contributed by atoms with van der Waals surface area (Å²) in [6, 6.07) is 20.8. The predicted octanol–water partition coefficient (Wildman–Crippen LogP) is 3.87. The standard InChI is InChI=1S/C15H15N/c1-2-16-15(13-9-5-3-6-10-13)14-11-7-4-8-12-14/h2-12,15H,1H3. The summed E-state index contributed by atoms with van der Waals surface area (Å²) < 4.78 is 0. The molecule has 0 amide bonds. The minimum absolute atomic E-state index is 0.118. The van der Waals surface area contributed by atoms with Crippen LogP contribution in [0.15, 0.2) is 65.7 Å². The van der Waals surface area contributed by atoms with Gasteiger partial charge in [-0.2, -0.15) is 0 Å². The topological polar surface area (TPSA) is 12.4 Å². The van der Waals surface area contributed by atoms with Crippen LogP contribution < -0.4 is 0 Å². The van der Waals surface area contributed by atoms with Gasteiger partial charge in [-0.05, 0) is 24.3 Å². The van der Waals surface area contributed by atoms with Crippen LogP contribution in [0.5, 0.6) is 0 Å². The minimum atomic E-state index is 0.118. The molecule has 1 heteroatoms. The highest BCUT2D eigenvalue weighted by molar-refractivity contribution is 5.55. The third-order valence-corrected chi connectivity index (χ3v) is 2.53. The lowest BCUT2D eigenvalue weighted by atomic mass is 9.99. The maximum Gasteiger partial charge on any atom is 0.0995 e. The molecule has 0 N–H and O–H groups in total. The van der Waals surface area contributed by atoms with Gasteiger partial charge >= 0.3 is 0 Å². The van der Waals surface area contributed by atoms with Crippen molar-refractivity contribution >= 4 is 6.21 Å². The van der Waals surface area contributed by atoms with Gasteiger partial charge in [0.15, 0.2) is 0 Å². The van der Waals surface area contributed by atoms with E-state index >= 15 is 0 Å². The minimum Gasteiger partial charge on any atom is -0.285 e. The summed E-state index contributed by atoms with van der Waals surface area (Å²) in [4.78, 5) is 4.54. The highest BCUT2D eigenvalue weighted by Gasteiger charge is 2.10. The van der Waals surface area contributed by atoms with Crippen molar-refractivity contribution in [1.29, 1.82) is 0 Å². The summed E-state index contributed by atoms with van der Waals surface area (Å²) in [5.74, 6) is 0. The van der Waals surface area contributed by atoms with Crippen molar-refractivity contribution < 1.29 is 0 Å². The number of hydrogen-bond acceptors (Lipinski definition) is 1. The predicted molar refractivity (Wildman–Crippen MR) is 68.9 cm³/mol. The zero-order chi connectivity index (χ0) is 11.2. The van der Waals surface area contributed by atoms with Gasteiger partial charge in [-0.3, -0.25) is 4.99 Å². The van der Waals surface area contributed by atoms with E-state index in [0.717, 1.165) is 0 Å². The summed E-state index contributed by atoms with van der Waals surface area (Å²) in [5, 5.41) is 0. The molecule has 2 rings (SSSR count). The van der Waals surface area contributed by atoms with Crippen LogP contribution in [0.2, 0.25) is 0 Å². The van der Waals surface area contributed by atoms with Crippen LogP contribution in [0.4, 0.5) is 0 Å². The molecule has 0 radical (unpaired) electrons. The first-order chi connectivity index (χ1) is 7.92.